The van der Waals surface area contributed by atoms with E-state index in [9.17, 15) is 4.79 Å². The number of benzene rings is 1. The lowest BCUT2D eigenvalue weighted by molar-refractivity contribution is -0.141. The summed E-state index contributed by atoms with van der Waals surface area (Å²) in [4.78, 5) is 14.5. The second-order valence-corrected chi connectivity index (χ2v) is 5.51. The number of carbonyl (C=O) groups is 1. The summed E-state index contributed by atoms with van der Waals surface area (Å²) in [6.07, 6.45) is 2.18. The summed E-state index contributed by atoms with van der Waals surface area (Å²) in [7, 11) is 0. The van der Waals surface area contributed by atoms with Crippen LogP contribution in [0.15, 0.2) is 24.3 Å². The minimum absolute atomic E-state index is 0.0882. The number of ether oxygens (including phenoxy) is 1. The van der Waals surface area contributed by atoms with Gasteiger partial charge in [0.15, 0.2) is 0 Å². The highest BCUT2D eigenvalue weighted by Gasteiger charge is 2.39. The highest BCUT2D eigenvalue weighted by atomic mass is 16.5. The predicted octanol–water partition coefficient (Wildman–Crippen LogP) is 1.08. The van der Waals surface area contributed by atoms with Crippen LogP contribution >= 0.6 is 0 Å². The maximum atomic E-state index is 12.6. The van der Waals surface area contributed by atoms with Crippen molar-refractivity contribution in [3.05, 3.63) is 35.4 Å². The van der Waals surface area contributed by atoms with Crippen LogP contribution in [0.3, 0.4) is 0 Å². The van der Waals surface area contributed by atoms with Gasteiger partial charge in [-0.05, 0) is 30.4 Å². The molecule has 0 spiro atoms. The van der Waals surface area contributed by atoms with E-state index in [0.29, 0.717) is 32.6 Å². The third kappa shape index (κ3) is 2.38. The quantitative estimate of drug-likeness (QED) is 0.822. The maximum absolute atomic E-state index is 12.6. The van der Waals surface area contributed by atoms with Crippen molar-refractivity contribution in [2.24, 2.45) is 5.73 Å². The van der Waals surface area contributed by atoms with Gasteiger partial charge in [-0.25, -0.2) is 0 Å². The number of hydrogen-bond acceptors (Lipinski definition) is 3. The topological polar surface area (TPSA) is 55.6 Å². The summed E-state index contributed by atoms with van der Waals surface area (Å²) in [5.41, 5.74) is 8.16. The van der Waals surface area contributed by atoms with Gasteiger partial charge < -0.3 is 15.4 Å². The first-order valence-electron chi connectivity index (χ1n) is 6.92. The van der Waals surface area contributed by atoms with Gasteiger partial charge in [0.2, 0.25) is 5.91 Å². The van der Waals surface area contributed by atoms with Crippen LogP contribution in [0.2, 0.25) is 0 Å². The van der Waals surface area contributed by atoms with Crippen LogP contribution in [0, 0.1) is 0 Å². The van der Waals surface area contributed by atoms with Crippen LogP contribution < -0.4 is 5.73 Å². The van der Waals surface area contributed by atoms with E-state index in [2.05, 4.69) is 18.2 Å². The molecule has 2 aliphatic rings. The molecular formula is C15H20N2O2. The average molecular weight is 260 g/mol. The van der Waals surface area contributed by atoms with Crippen LogP contribution in [-0.2, 0) is 22.5 Å². The summed E-state index contributed by atoms with van der Waals surface area (Å²) in [5.74, 6) is 0.0882. The highest BCUT2D eigenvalue weighted by Crippen LogP contribution is 2.25. The molecule has 0 bridgehead atoms. The van der Waals surface area contributed by atoms with Crippen molar-refractivity contribution in [1.82, 2.24) is 4.90 Å². The normalized spacial score (nSPS) is 21.8. The van der Waals surface area contributed by atoms with Gasteiger partial charge in [-0.3, -0.25) is 4.79 Å². The lowest BCUT2D eigenvalue weighted by Crippen LogP contribution is -2.58. The molecule has 2 aliphatic heterocycles. The van der Waals surface area contributed by atoms with E-state index in [1.807, 2.05) is 11.0 Å². The summed E-state index contributed by atoms with van der Waals surface area (Å²) >= 11 is 0. The Bertz CT molecular complexity index is 481. The monoisotopic (exact) mass is 260 g/mol. The van der Waals surface area contributed by atoms with E-state index in [-0.39, 0.29) is 5.91 Å². The van der Waals surface area contributed by atoms with Crippen LogP contribution in [0.1, 0.15) is 24.0 Å². The molecule has 102 valence electrons. The molecule has 1 aromatic carbocycles. The Morgan fingerprint density at radius 1 is 1.21 bits per heavy atom. The zero-order chi connectivity index (χ0) is 13.3. The standard InChI is InChI=1S/C15H20N2O2/c16-15(6-9-19-10-7-15)14(18)17-8-5-12-3-1-2-4-13(12)11-17/h1-4H,5-11,16H2. The molecule has 0 aliphatic carbocycles. The summed E-state index contributed by atoms with van der Waals surface area (Å²) in [6.45, 7) is 2.64. The molecule has 2 N–H and O–H groups in total. The molecule has 0 radical (unpaired) electrons. The van der Waals surface area contributed by atoms with Gasteiger partial charge >= 0.3 is 0 Å². The Morgan fingerprint density at radius 2 is 1.89 bits per heavy atom. The predicted molar refractivity (Wildman–Crippen MR) is 72.5 cm³/mol. The number of fused-ring (bicyclic) bond motifs is 1. The zero-order valence-corrected chi connectivity index (χ0v) is 11.1. The Hall–Kier alpha value is -1.39. The van der Waals surface area contributed by atoms with Gasteiger partial charge in [0.1, 0.15) is 0 Å². The molecule has 0 atom stereocenters. The fourth-order valence-corrected chi connectivity index (χ4v) is 2.93. The summed E-state index contributed by atoms with van der Waals surface area (Å²) in [5, 5.41) is 0. The minimum atomic E-state index is -0.718. The fraction of sp³-hybridized carbons (Fsp3) is 0.533. The fourth-order valence-electron chi connectivity index (χ4n) is 2.93. The van der Waals surface area contributed by atoms with E-state index >= 15 is 0 Å². The largest absolute Gasteiger partial charge is 0.381 e. The molecule has 3 rings (SSSR count). The smallest absolute Gasteiger partial charge is 0.243 e. The van der Waals surface area contributed by atoms with E-state index in [4.69, 9.17) is 10.5 Å². The second kappa shape index (κ2) is 4.94. The van der Waals surface area contributed by atoms with Gasteiger partial charge in [-0.2, -0.15) is 0 Å². The second-order valence-electron chi connectivity index (χ2n) is 5.51. The van der Waals surface area contributed by atoms with Gasteiger partial charge in [0.05, 0.1) is 5.54 Å². The number of rotatable bonds is 1. The SMILES string of the molecule is NC1(C(=O)N2CCc3ccccc3C2)CCOCC1. The summed E-state index contributed by atoms with van der Waals surface area (Å²) in [6, 6.07) is 8.32. The maximum Gasteiger partial charge on any atom is 0.243 e. The van der Waals surface area contributed by atoms with Crippen molar-refractivity contribution in [2.75, 3.05) is 19.8 Å². The first kappa shape index (κ1) is 12.6. The van der Waals surface area contributed by atoms with Gasteiger partial charge in [0.25, 0.3) is 0 Å². The number of carbonyl (C=O) groups excluding carboxylic acids is 1. The van der Waals surface area contributed by atoms with Crippen molar-refractivity contribution >= 4 is 5.91 Å². The first-order chi connectivity index (χ1) is 9.19. The van der Waals surface area contributed by atoms with Crippen LogP contribution in [-0.4, -0.2) is 36.1 Å². The molecule has 0 aromatic heterocycles. The van der Waals surface area contributed by atoms with Crippen LogP contribution in [0.25, 0.3) is 0 Å². The van der Waals surface area contributed by atoms with Crippen molar-refractivity contribution in [1.29, 1.82) is 0 Å². The molecule has 19 heavy (non-hydrogen) atoms. The van der Waals surface area contributed by atoms with Gasteiger partial charge in [-0.1, -0.05) is 24.3 Å². The molecule has 2 heterocycles. The molecule has 1 fully saturated rings. The summed E-state index contributed by atoms with van der Waals surface area (Å²) < 4.78 is 5.31. The minimum Gasteiger partial charge on any atom is -0.381 e. The van der Waals surface area contributed by atoms with E-state index in [1.165, 1.54) is 11.1 Å². The van der Waals surface area contributed by atoms with Crippen LogP contribution in [0.4, 0.5) is 0 Å². The molecule has 4 heteroatoms. The average Bonchev–Trinajstić information content (AvgIpc) is 2.47. The molecule has 1 amide bonds. The third-order valence-corrected chi connectivity index (χ3v) is 4.23. The van der Waals surface area contributed by atoms with Gasteiger partial charge in [-0.15, -0.1) is 0 Å². The Balaban J connectivity index is 1.75. The van der Waals surface area contributed by atoms with Crippen molar-refractivity contribution in [2.45, 2.75) is 31.3 Å². The van der Waals surface area contributed by atoms with Gasteiger partial charge in [0, 0.05) is 26.3 Å². The number of hydrogen-bond donors (Lipinski definition) is 1. The molecule has 0 saturated carbocycles. The van der Waals surface area contributed by atoms with E-state index < -0.39 is 5.54 Å². The number of amides is 1. The highest BCUT2D eigenvalue weighted by molar-refractivity contribution is 5.86. The Morgan fingerprint density at radius 3 is 2.63 bits per heavy atom. The molecule has 4 nitrogen and oxygen atoms in total. The first-order valence-corrected chi connectivity index (χ1v) is 6.92. The van der Waals surface area contributed by atoms with Crippen molar-refractivity contribution in [3.63, 3.8) is 0 Å². The Labute approximate surface area is 113 Å². The number of nitrogens with two attached hydrogens (primary N) is 1. The van der Waals surface area contributed by atoms with Crippen molar-refractivity contribution < 1.29 is 9.53 Å². The molecule has 1 aromatic rings. The molecule has 1 saturated heterocycles. The third-order valence-electron chi connectivity index (χ3n) is 4.23. The molecular weight excluding hydrogens is 240 g/mol. The molecule has 0 unspecified atom stereocenters. The lowest BCUT2D eigenvalue weighted by Gasteiger charge is -2.38. The van der Waals surface area contributed by atoms with E-state index in [0.717, 1.165) is 13.0 Å². The number of nitrogens with zero attached hydrogens (tertiary/aromatic N) is 1. The zero-order valence-electron chi connectivity index (χ0n) is 11.1. The van der Waals surface area contributed by atoms with E-state index in [1.54, 1.807) is 0 Å². The Kier molecular flexibility index (Phi) is 3.29. The van der Waals surface area contributed by atoms with Crippen LogP contribution in [0.5, 0.6) is 0 Å². The van der Waals surface area contributed by atoms with Crippen molar-refractivity contribution in [3.8, 4) is 0 Å². The lowest BCUT2D eigenvalue weighted by atomic mass is 9.88.